The van der Waals surface area contributed by atoms with Crippen LogP contribution in [0.5, 0.6) is 0 Å². The number of hydrogen-bond donors (Lipinski definition) is 0. The Bertz CT molecular complexity index is 3020. The maximum absolute atomic E-state index is 6.38. The molecular formula is C48H32N4O. The van der Waals surface area contributed by atoms with Gasteiger partial charge in [0.15, 0.2) is 17.5 Å². The molecule has 0 bridgehead atoms. The summed E-state index contributed by atoms with van der Waals surface area (Å²) < 4.78 is 8.85. The molecule has 0 saturated carbocycles. The average Bonchev–Trinajstić information content (AvgIpc) is 3.75. The number of benzene rings is 7. The second-order valence-corrected chi connectivity index (χ2v) is 14.5. The largest absolute Gasteiger partial charge is 0.456 e. The maximum Gasteiger partial charge on any atom is 0.164 e. The first-order valence-corrected chi connectivity index (χ1v) is 18.0. The summed E-state index contributed by atoms with van der Waals surface area (Å²) in [5.41, 5.74) is 13.2. The second kappa shape index (κ2) is 11.1. The molecule has 0 atom stereocenters. The van der Waals surface area contributed by atoms with E-state index in [0.717, 1.165) is 44.2 Å². The monoisotopic (exact) mass is 680 g/mol. The highest BCUT2D eigenvalue weighted by atomic mass is 16.3. The van der Waals surface area contributed by atoms with Crippen LogP contribution in [-0.4, -0.2) is 19.5 Å². The van der Waals surface area contributed by atoms with Crippen LogP contribution in [0, 0.1) is 0 Å². The zero-order chi connectivity index (χ0) is 35.3. The highest BCUT2D eigenvalue weighted by molar-refractivity contribution is 6.13. The number of aromatic nitrogens is 4. The Hall–Kier alpha value is -6.85. The quantitative estimate of drug-likeness (QED) is 0.186. The number of fused-ring (bicyclic) bond motifs is 8. The van der Waals surface area contributed by atoms with Gasteiger partial charge in [0.2, 0.25) is 0 Å². The number of furan rings is 1. The summed E-state index contributed by atoms with van der Waals surface area (Å²) >= 11 is 0. The molecule has 1 aliphatic rings. The standard InChI is InChI=1S/C48H32N4O/c1-48(2)38-17-9-10-19-41(38)52-40-23-20-31(26-35(40)34-16-11-18-39(48)44(34)52)32-21-24-42-36(27-32)37-28-33(22-25-43(37)53-42)47-50-45(29-12-5-3-6-13-29)49-46(51-47)30-14-7-4-8-15-30/h3-28H,1-2H3. The number of rotatable bonds is 4. The summed E-state index contributed by atoms with van der Waals surface area (Å²) in [6.45, 7) is 4.68. The van der Waals surface area contributed by atoms with E-state index in [0.29, 0.717) is 17.5 Å². The summed E-state index contributed by atoms with van der Waals surface area (Å²) in [6, 6.07) is 55.4. The van der Waals surface area contributed by atoms with Gasteiger partial charge in [-0.3, -0.25) is 0 Å². The fourth-order valence-electron chi connectivity index (χ4n) is 8.38. The first-order valence-electron chi connectivity index (χ1n) is 18.0. The topological polar surface area (TPSA) is 56.7 Å². The van der Waals surface area contributed by atoms with Gasteiger partial charge in [-0.15, -0.1) is 0 Å². The smallest absolute Gasteiger partial charge is 0.164 e. The number of para-hydroxylation sites is 2. The molecule has 0 fully saturated rings. The Morgan fingerprint density at radius 2 is 0.962 bits per heavy atom. The Morgan fingerprint density at radius 1 is 0.434 bits per heavy atom. The van der Waals surface area contributed by atoms with Crippen molar-refractivity contribution in [1.29, 1.82) is 0 Å². The Kier molecular flexibility index (Phi) is 6.23. The third-order valence-electron chi connectivity index (χ3n) is 11.0. The van der Waals surface area contributed by atoms with Gasteiger partial charge >= 0.3 is 0 Å². The summed E-state index contributed by atoms with van der Waals surface area (Å²) in [5, 5.41) is 4.61. The molecule has 5 heteroatoms. The lowest BCUT2D eigenvalue weighted by Crippen LogP contribution is -2.26. The van der Waals surface area contributed by atoms with E-state index in [4.69, 9.17) is 19.4 Å². The van der Waals surface area contributed by atoms with Crippen LogP contribution in [-0.2, 0) is 5.41 Å². The molecule has 5 nitrogen and oxygen atoms in total. The maximum atomic E-state index is 6.38. The van der Waals surface area contributed by atoms with Crippen molar-refractivity contribution < 1.29 is 4.42 Å². The van der Waals surface area contributed by atoms with Gasteiger partial charge < -0.3 is 8.98 Å². The van der Waals surface area contributed by atoms with Gasteiger partial charge in [-0.1, -0.05) is 123 Å². The lowest BCUT2D eigenvalue weighted by Gasteiger charge is -2.34. The Balaban J connectivity index is 1.06. The van der Waals surface area contributed by atoms with Gasteiger partial charge in [0.05, 0.1) is 16.7 Å². The van der Waals surface area contributed by atoms with Gasteiger partial charge in [0.25, 0.3) is 0 Å². The zero-order valence-corrected chi connectivity index (χ0v) is 29.2. The third kappa shape index (κ3) is 4.47. The van der Waals surface area contributed by atoms with Gasteiger partial charge in [-0.05, 0) is 70.8 Å². The molecular weight excluding hydrogens is 649 g/mol. The third-order valence-corrected chi connectivity index (χ3v) is 11.0. The zero-order valence-electron chi connectivity index (χ0n) is 29.2. The minimum atomic E-state index is -0.0942. The summed E-state index contributed by atoms with van der Waals surface area (Å²) in [5.74, 6) is 1.90. The van der Waals surface area contributed by atoms with E-state index >= 15 is 0 Å². The molecule has 0 radical (unpaired) electrons. The van der Waals surface area contributed by atoms with E-state index < -0.39 is 0 Å². The molecule has 7 aromatic carbocycles. The number of nitrogens with zero attached hydrogens (tertiary/aromatic N) is 4. The van der Waals surface area contributed by atoms with E-state index in [2.05, 4.69) is 103 Å². The molecule has 0 aliphatic carbocycles. The van der Waals surface area contributed by atoms with Crippen molar-refractivity contribution in [3.8, 4) is 51.0 Å². The normalized spacial score (nSPS) is 13.2. The van der Waals surface area contributed by atoms with Gasteiger partial charge in [-0.25, -0.2) is 15.0 Å². The van der Waals surface area contributed by atoms with E-state index in [1.807, 2.05) is 72.8 Å². The first-order chi connectivity index (χ1) is 26.0. The molecule has 0 unspecified atom stereocenters. The van der Waals surface area contributed by atoms with Crippen LogP contribution in [0.4, 0.5) is 0 Å². The van der Waals surface area contributed by atoms with Crippen LogP contribution in [0.1, 0.15) is 25.0 Å². The average molecular weight is 681 g/mol. The molecule has 250 valence electrons. The predicted octanol–water partition coefficient (Wildman–Crippen LogP) is 12.2. The predicted molar refractivity (Wildman–Crippen MR) is 215 cm³/mol. The summed E-state index contributed by atoms with van der Waals surface area (Å²) in [6.07, 6.45) is 0. The van der Waals surface area contributed by atoms with Crippen LogP contribution in [0.3, 0.4) is 0 Å². The lowest BCUT2D eigenvalue weighted by molar-refractivity contribution is 0.630. The molecule has 3 aromatic heterocycles. The second-order valence-electron chi connectivity index (χ2n) is 14.5. The van der Waals surface area contributed by atoms with Crippen LogP contribution >= 0.6 is 0 Å². The van der Waals surface area contributed by atoms with Crippen LogP contribution < -0.4 is 0 Å². The molecule has 11 rings (SSSR count). The summed E-state index contributed by atoms with van der Waals surface area (Å²) in [7, 11) is 0. The van der Waals surface area contributed by atoms with Crippen molar-refractivity contribution in [2.45, 2.75) is 19.3 Å². The van der Waals surface area contributed by atoms with E-state index in [-0.39, 0.29) is 5.41 Å². The molecule has 53 heavy (non-hydrogen) atoms. The van der Waals surface area contributed by atoms with E-state index in [1.165, 1.54) is 44.2 Å². The highest BCUT2D eigenvalue weighted by Crippen LogP contribution is 2.48. The Morgan fingerprint density at radius 3 is 1.64 bits per heavy atom. The first kappa shape index (κ1) is 29.8. The van der Waals surface area contributed by atoms with Gasteiger partial charge in [0.1, 0.15) is 11.2 Å². The SMILES string of the molecule is CC1(C)c2ccccc2-n2c3ccc(-c4ccc5oc6ccc(-c7nc(-c8ccccc8)nc(-c8ccccc8)n7)cc6c5c4)cc3c3cccc1c32. The summed E-state index contributed by atoms with van der Waals surface area (Å²) in [4.78, 5) is 14.8. The lowest BCUT2D eigenvalue weighted by atomic mass is 9.75. The molecule has 0 saturated heterocycles. The molecule has 10 aromatic rings. The highest BCUT2D eigenvalue weighted by Gasteiger charge is 2.34. The van der Waals surface area contributed by atoms with Crippen LogP contribution in [0.2, 0.25) is 0 Å². The van der Waals surface area contributed by atoms with Crippen molar-refractivity contribution >= 4 is 43.7 Å². The van der Waals surface area contributed by atoms with Crippen molar-refractivity contribution in [1.82, 2.24) is 19.5 Å². The molecule has 0 spiro atoms. The van der Waals surface area contributed by atoms with Crippen molar-refractivity contribution in [2.75, 3.05) is 0 Å². The van der Waals surface area contributed by atoms with Crippen molar-refractivity contribution in [3.63, 3.8) is 0 Å². The van der Waals surface area contributed by atoms with Crippen molar-refractivity contribution in [2.24, 2.45) is 0 Å². The number of hydrogen-bond acceptors (Lipinski definition) is 4. The van der Waals surface area contributed by atoms with Gasteiger partial charge in [0, 0.05) is 43.7 Å². The van der Waals surface area contributed by atoms with E-state index in [1.54, 1.807) is 0 Å². The van der Waals surface area contributed by atoms with Crippen LogP contribution in [0.15, 0.2) is 162 Å². The minimum Gasteiger partial charge on any atom is -0.456 e. The Labute approximate surface area is 305 Å². The molecule has 1 aliphatic heterocycles. The molecule has 0 N–H and O–H groups in total. The van der Waals surface area contributed by atoms with Crippen molar-refractivity contribution in [3.05, 3.63) is 169 Å². The fraction of sp³-hybridized carbons (Fsp3) is 0.0625. The van der Waals surface area contributed by atoms with Crippen LogP contribution in [0.25, 0.3) is 94.7 Å². The molecule has 4 heterocycles. The van der Waals surface area contributed by atoms with Gasteiger partial charge in [-0.2, -0.15) is 0 Å². The minimum absolute atomic E-state index is 0.0942. The van der Waals surface area contributed by atoms with E-state index in [9.17, 15) is 0 Å². The molecule has 0 amide bonds. The fourth-order valence-corrected chi connectivity index (χ4v) is 8.38.